The van der Waals surface area contributed by atoms with Crippen LogP contribution in [0, 0.1) is 0 Å². The van der Waals surface area contributed by atoms with Gasteiger partial charge in [-0.25, -0.2) is 4.98 Å². The monoisotopic (exact) mass is 427 g/mol. The number of ether oxygens (including phenoxy) is 2. The van der Waals surface area contributed by atoms with Crippen LogP contribution in [0.2, 0.25) is 0 Å². The van der Waals surface area contributed by atoms with E-state index in [1.54, 1.807) is 43.5 Å². The van der Waals surface area contributed by atoms with Crippen LogP contribution in [0.25, 0.3) is 16.6 Å². The number of methoxy groups -OCH3 is 2. The summed E-state index contributed by atoms with van der Waals surface area (Å²) in [6, 6.07) is 12.4. The van der Waals surface area contributed by atoms with Gasteiger partial charge in [0.2, 0.25) is 5.91 Å². The maximum atomic E-state index is 13.3. The summed E-state index contributed by atoms with van der Waals surface area (Å²) >= 11 is 1.21. The van der Waals surface area contributed by atoms with Gasteiger partial charge in [-0.15, -0.1) is 0 Å². The lowest BCUT2D eigenvalue weighted by molar-refractivity contribution is -0.119. The molecule has 0 radical (unpaired) electrons. The Morgan fingerprint density at radius 2 is 1.80 bits per heavy atom. The largest absolute Gasteiger partial charge is 0.493 e. The van der Waals surface area contributed by atoms with Crippen molar-refractivity contribution in [2.24, 2.45) is 0 Å². The second kappa shape index (κ2) is 8.79. The number of fused-ring (bicyclic) bond motifs is 1. The van der Waals surface area contributed by atoms with Gasteiger partial charge in [-0.3, -0.25) is 14.2 Å². The molecule has 0 bridgehead atoms. The van der Waals surface area contributed by atoms with E-state index in [1.165, 1.54) is 23.4 Å². The molecular formula is C22H25N3O4S. The van der Waals surface area contributed by atoms with E-state index in [4.69, 9.17) is 9.47 Å². The number of amides is 1. The molecule has 0 aliphatic carbocycles. The fourth-order valence-electron chi connectivity index (χ4n) is 2.99. The number of nitrogens with one attached hydrogen (secondary N) is 1. The highest BCUT2D eigenvalue weighted by Crippen LogP contribution is 2.30. The first-order chi connectivity index (χ1) is 14.2. The van der Waals surface area contributed by atoms with E-state index in [-0.39, 0.29) is 22.8 Å². The fraction of sp³-hybridized carbons (Fsp3) is 0.318. The average Bonchev–Trinajstić information content (AvgIpc) is 2.70. The number of rotatable bonds is 6. The van der Waals surface area contributed by atoms with Crippen molar-refractivity contribution in [3.05, 3.63) is 52.8 Å². The molecule has 0 unspecified atom stereocenters. The number of nitrogens with zero attached hydrogens (tertiary/aromatic N) is 2. The standard InChI is InChI=1S/C22H25N3O4S/c1-22(2,3)24-19(26)13-30-21-23-16-9-7-6-8-15(16)20(27)25(21)14-10-11-17(28-4)18(12-14)29-5/h6-12H,13H2,1-5H3,(H,24,26). The van der Waals surface area contributed by atoms with Gasteiger partial charge < -0.3 is 14.8 Å². The number of hydrogen-bond donors (Lipinski definition) is 1. The minimum absolute atomic E-state index is 0.131. The van der Waals surface area contributed by atoms with E-state index < -0.39 is 0 Å². The Bertz CT molecular complexity index is 1140. The molecule has 2 aromatic carbocycles. The van der Waals surface area contributed by atoms with Gasteiger partial charge in [0.1, 0.15) is 0 Å². The zero-order chi connectivity index (χ0) is 21.9. The third-order valence-corrected chi connectivity index (χ3v) is 5.16. The van der Waals surface area contributed by atoms with Gasteiger partial charge in [0, 0.05) is 11.6 Å². The molecule has 1 heterocycles. The molecule has 0 saturated carbocycles. The van der Waals surface area contributed by atoms with Crippen LogP contribution in [-0.2, 0) is 4.79 Å². The van der Waals surface area contributed by atoms with Gasteiger partial charge in [-0.2, -0.15) is 0 Å². The van der Waals surface area contributed by atoms with Gasteiger partial charge >= 0.3 is 0 Å². The normalized spacial score (nSPS) is 11.4. The van der Waals surface area contributed by atoms with Crippen molar-refractivity contribution in [3.8, 4) is 17.2 Å². The van der Waals surface area contributed by atoms with E-state index in [1.807, 2.05) is 26.8 Å². The highest BCUT2D eigenvalue weighted by molar-refractivity contribution is 7.99. The summed E-state index contributed by atoms with van der Waals surface area (Å²) in [7, 11) is 3.09. The van der Waals surface area contributed by atoms with Crippen molar-refractivity contribution in [1.29, 1.82) is 0 Å². The molecule has 0 spiro atoms. The number of carbonyl (C=O) groups excluding carboxylic acids is 1. The van der Waals surface area contributed by atoms with E-state index in [9.17, 15) is 9.59 Å². The topological polar surface area (TPSA) is 82.5 Å². The maximum absolute atomic E-state index is 13.3. The van der Waals surface area contributed by atoms with E-state index >= 15 is 0 Å². The Morgan fingerprint density at radius 1 is 1.10 bits per heavy atom. The van der Waals surface area contributed by atoms with E-state index in [2.05, 4.69) is 10.3 Å². The van der Waals surface area contributed by atoms with Crippen molar-refractivity contribution in [1.82, 2.24) is 14.9 Å². The highest BCUT2D eigenvalue weighted by atomic mass is 32.2. The zero-order valence-electron chi connectivity index (χ0n) is 17.7. The molecule has 30 heavy (non-hydrogen) atoms. The van der Waals surface area contributed by atoms with Gasteiger partial charge in [-0.05, 0) is 45.0 Å². The summed E-state index contributed by atoms with van der Waals surface area (Å²) in [5.74, 6) is 1.06. The summed E-state index contributed by atoms with van der Waals surface area (Å²) in [5, 5.41) is 3.84. The molecule has 0 aliphatic heterocycles. The third kappa shape index (κ3) is 4.76. The van der Waals surface area contributed by atoms with Gasteiger partial charge in [0.25, 0.3) is 5.56 Å². The smallest absolute Gasteiger partial charge is 0.266 e. The molecular weight excluding hydrogens is 402 g/mol. The molecule has 1 amide bonds. The number of aromatic nitrogens is 2. The second-order valence-corrected chi connectivity index (χ2v) is 8.62. The van der Waals surface area contributed by atoms with Crippen LogP contribution >= 0.6 is 11.8 Å². The molecule has 8 heteroatoms. The summed E-state index contributed by atoms with van der Waals surface area (Å²) in [4.78, 5) is 30.3. The number of benzene rings is 2. The molecule has 3 rings (SSSR count). The lowest BCUT2D eigenvalue weighted by Crippen LogP contribution is -2.41. The summed E-state index contributed by atoms with van der Waals surface area (Å²) in [6.07, 6.45) is 0. The summed E-state index contributed by atoms with van der Waals surface area (Å²) < 4.78 is 12.2. The number of thioether (sulfide) groups is 1. The van der Waals surface area contributed by atoms with Crippen LogP contribution in [0.5, 0.6) is 11.5 Å². The van der Waals surface area contributed by atoms with Crippen LogP contribution in [0.4, 0.5) is 0 Å². The Kier molecular flexibility index (Phi) is 6.36. The minimum atomic E-state index is -0.336. The first-order valence-corrected chi connectivity index (χ1v) is 10.4. The summed E-state index contributed by atoms with van der Waals surface area (Å²) in [6.45, 7) is 5.76. The molecule has 0 fully saturated rings. The average molecular weight is 428 g/mol. The Labute approximate surface area is 179 Å². The second-order valence-electron chi connectivity index (χ2n) is 7.68. The van der Waals surface area contributed by atoms with E-state index in [0.717, 1.165) is 0 Å². The van der Waals surface area contributed by atoms with Crippen molar-refractivity contribution in [3.63, 3.8) is 0 Å². The van der Waals surface area contributed by atoms with Crippen LogP contribution in [0.1, 0.15) is 20.8 Å². The molecule has 0 aliphatic rings. The van der Waals surface area contributed by atoms with E-state index in [0.29, 0.717) is 33.2 Å². The van der Waals surface area contributed by atoms with Crippen molar-refractivity contribution in [2.75, 3.05) is 20.0 Å². The first-order valence-electron chi connectivity index (χ1n) is 9.41. The molecule has 1 N–H and O–H groups in total. The quantitative estimate of drug-likeness (QED) is 0.480. The van der Waals surface area contributed by atoms with Crippen LogP contribution in [-0.4, -0.2) is 41.0 Å². The summed E-state index contributed by atoms with van der Waals surface area (Å²) in [5.41, 5.74) is 0.608. The molecule has 0 atom stereocenters. The Morgan fingerprint density at radius 3 is 2.47 bits per heavy atom. The maximum Gasteiger partial charge on any atom is 0.266 e. The highest BCUT2D eigenvalue weighted by Gasteiger charge is 2.18. The van der Waals surface area contributed by atoms with Crippen molar-refractivity contribution < 1.29 is 14.3 Å². The predicted molar refractivity (Wildman–Crippen MR) is 119 cm³/mol. The Balaban J connectivity index is 2.10. The Hall–Kier alpha value is -3.00. The number of carbonyl (C=O) groups is 1. The molecule has 3 aromatic rings. The number of hydrogen-bond acceptors (Lipinski definition) is 6. The van der Waals surface area contributed by atoms with Crippen LogP contribution in [0.15, 0.2) is 52.4 Å². The van der Waals surface area contributed by atoms with Crippen molar-refractivity contribution >= 4 is 28.6 Å². The van der Waals surface area contributed by atoms with Gasteiger partial charge in [-0.1, -0.05) is 23.9 Å². The number of para-hydroxylation sites is 1. The SMILES string of the molecule is COc1ccc(-n2c(SCC(=O)NC(C)(C)C)nc3ccccc3c2=O)cc1OC. The predicted octanol–water partition coefficient (Wildman–Crippen LogP) is 3.41. The molecule has 1 aromatic heterocycles. The van der Waals surface area contributed by atoms with Gasteiger partial charge in [0.05, 0.1) is 36.6 Å². The van der Waals surface area contributed by atoms with Gasteiger partial charge in [0.15, 0.2) is 16.7 Å². The minimum Gasteiger partial charge on any atom is -0.493 e. The fourth-order valence-corrected chi connectivity index (χ4v) is 3.80. The zero-order valence-corrected chi connectivity index (χ0v) is 18.5. The first kappa shape index (κ1) is 21.7. The lowest BCUT2D eigenvalue weighted by atomic mass is 10.1. The molecule has 0 saturated heterocycles. The lowest BCUT2D eigenvalue weighted by Gasteiger charge is -2.20. The van der Waals surface area contributed by atoms with Crippen LogP contribution in [0.3, 0.4) is 0 Å². The van der Waals surface area contributed by atoms with Crippen LogP contribution < -0.4 is 20.3 Å². The van der Waals surface area contributed by atoms with Crippen molar-refractivity contribution in [2.45, 2.75) is 31.5 Å². The molecule has 7 nitrogen and oxygen atoms in total. The molecule has 158 valence electrons. The third-order valence-electron chi connectivity index (χ3n) is 4.22.